The summed E-state index contributed by atoms with van der Waals surface area (Å²) in [5.41, 5.74) is 1.02. The summed E-state index contributed by atoms with van der Waals surface area (Å²) in [6.45, 7) is 2.72. The lowest BCUT2D eigenvalue weighted by Gasteiger charge is -2.11. The van der Waals surface area contributed by atoms with Crippen LogP contribution in [0.5, 0.6) is 5.75 Å². The summed E-state index contributed by atoms with van der Waals surface area (Å²) in [4.78, 5) is 0. The van der Waals surface area contributed by atoms with E-state index in [1.807, 2.05) is 30.3 Å². The summed E-state index contributed by atoms with van der Waals surface area (Å²) in [5, 5.41) is 11.8. The van der Waals surface area contributed by atoms with Crippen LogP contribution in [0.2, 0.25) is 0 Å². The topological polar surface area (TPSA) is 54.3 Å². The zero-order valence-electron chi connectivity index (χ0n) is 9.69. The Morgan fingerprint density at radius 3 is 3.24 bits per heavy atom. The van der Waals surface area contributed by atoms with Crippen molar-refractivity contribution >= 4 is 5.69 Å². The highest BCUT2D eigenvalue weighted by atomic mass is 16.5. The van der Waals surface area contributed by atoms with Gasteiger partial charge in [0.05, 0.1) is 6.61 Å². The molecule has 1 saturated heterocycles. The molecule has 1 fully saturated rings. The van der Waals surface area contributed by atoms with E-state index >= 15 is 0 Å². The first-order valence-electron chi connectivity index (χ1n) is 5.80. The third-order valence-corrected chi connectivity index (χ3v) is 2.76. The molecule has 4 nitrogen and oxygen atoms in total. The number of hydrogen-bond acceptors (Lipinski definition) is 4. The van der Waals surface area contributed by atoms with E-state index in [-0.39, 0.29) is 6.61 Å². The van der Waals surface area contributed by atoms with Gasteiger partial charge >= 0.3 is 0 Å². The van der Waals surface area contributed by atoms with Gasteiger partial charge in [0, 0.05) is 30.8 Å². The van der Waals surface area contributed by atoms with Crippen LogP contribution >= 0.6 is 0 Å². The molecule has 1 N–H and O–H groups in total. The fourth-order valence-corrected chi connectivity index (χ4v) is 1.82. The number of ether oxygens (including phenoxy) is 2. The van der Waals surface area contributed by atoms with Crippen LogP contribution in [0.4, 0.5) is 5.69 Å². The van der Waals surface area contributed by atoms with Crippen LogP contribution in [-0.2, 0) is 4.74 Å². The van der Waals surface area contributed by atoms with Gasteiger partial charge < -0.3 is 14.8 Å². The normalized spacial score (nSPS) is 18.6. The standard InChI is InChI=1S/C13H16N2O2/c14-5-7-17-13-3-1-2-12(8-13)15-9-11-4-6-16-10-11/h1-3,8,11,15H,4,6-7,9-10H2. The summed E-state index contributed by atoms with van der Waals surface area (Å²) in [5.74, 6) is 1.32. The monoisotopic (exact) mass is 232 g/mol. The molecule has 0 amide bonds. The van der Waals surface area contributed by atoms with Crippen LogP contribution in [0.15, 0.2) is 24.3 Å². The quantitative estimate of drug-likeness (QED) is 0.844. The second-order valence-corrected chi connectivity index (χ2v) is 4.09. The van der Waals surface area contributed by atoms with E-state index < -0.39 is 0 Å². The molecule has 0 aromatic heterocycles. The molecule has 0 bridgehead atoms. The highest BCUT2D eigenvalue weighted by Crippen LogP contribution is 2.19. The van der Waals surface area contributed by atoms with Gasteiger partial charge in [0.2, 0.25) is 0 Å². The SMILES string of the molecule is N#CCOc1cccc(NCC2CCOC2)c1. The Hall–Kier alpha value is -1.73. The van der Waals surface area contributed by atoms with E-state index in [1.165, 1.54) is 0 Å². The van der Waals surface area contributed by atoms with E-state index in [4.69, 9.17) is 14.7 Å². The van der Waals surface area contributed by atoms with Crippen molar-refractivity contribution in [3.8, 4) is 11.8 Å². The molecule has 17 heavy (non-hydrogen) atoms. The average molecular weight is 232 g/mol. The maximum Gasteiger partial charge on any atom is 0.174 e. The van der Waals surface area contributed by atoms with Crippen molar-refractivity contribution in [2.75, 3.05) is 31.7 Å². The third-order valence-electron chi connectivity index (χ3n) is 2.76. The van der Waals surface area contributed by atoms with Gasteiger partial charge in [-0.3, -0.25) is 0 Å². The van der Waals surface area contributed by atoms with Crippen molar-refractivity contribution in [3.05, 3.63) is 24.3 Å². The van der Waals surface area contributed by atoms with Crippen LogP contribution in [0, 0.1) is 17.2 Å². The van der Waals surface area contributed by atoms with E-state index in [2.05, 4.69) is 5.32 Å². The fraction of sp³-hybridized carbons (Fsp3) is 0.462. The van der Waals surface area contributed by atoms with E-state index in [0.717, 1.165) is 37.6 Å². The van der Waals surface area contributed by atoms with Gasteiger partial charge in [-0.15, -0.1) is 0 Å². The lowest BCUT2D eigenvalue weighted by Crippen LogP contribution is -2.13. The van der Waals surface area contributed by atoms with E-state index in [1.54, 1.807) is 0 Å². The molecule has 1 atom stereocenters. The number of nitrogens with zero attached hydrogens (tertiary/aromatic N) is 1. The third kappa shape index (κ3) is 3.65. The Kier molecular flexibility index (Phi) is 4.23. The van der Waals surface area contributed by atoms with Gasteiger partial charge in [-0.25, -0.2) is 0 Å². The lowest BCUT2D eigenvalue weighted by molar-refractivity contribution is 0.187. The minimum atomic E-state index is 0.0833. The highest BCUT2D eigenvalue weighted by molar-refractivity contribution is 5.48. The van der Waals surface area contributed by atoms with Crippen molar-refractivity contribution in [1.82, 2.24) is 0 Å². The van der Waals surface area contributed by atoms with Crippen LogP contribution in [-0.4, -0.2) is 26.4 Å². The summed E-state index contributed by atoms with van der Waals surface area (Å²) in [6.07, 6.45) is 1.12. The Balaban J connectivity index is 1.85. The van der Waals surface area contributed by atoms with Crippen molar-refractivity contribution in [1.29, 1.82) is 5.26 Å². The van der Waals surface area contributed by atoms with E-state index in [0.29, 0.717) is 5.92 Å². The molecule has 1 aromatic carbocycles. The van der Waals surface area contributed by atoms with Crippen LogP contribution in [0.3, 0.4) is 0 Å². The molecule has 1 aromatic rings. The Labute approximate surface area is 101 Å². The van der Waals surface area contributed by atoms with Crippen molar-refractivity contribution in [2.24, 2.45) is 5.92 Å². The first-order valence-corrected chi connectivity index (χ1v) is 5.80. The molecule has 4 heteroatoms. The van der Waals surface area contributed by atoms with Crippen LogP contribution in [0.1, 0.15) is 6.42 Å². The minimum Gasteiger partial charge on any atom is -0.479 e. The maximum atomic E-state index is 8.44. The summed E-state index contributed by atoms with van der Waals surface area (Å²) in [7, 11) is 0. The fourth-order valence-electron chi connectivity index (χ4n) is 1.82. The largest absolute Gasteiger partial charge is 0.479 e. The number of anilines is 1. The highest BCUT2D eigenvalue weighted by Gasteiger charge is 2.14. The summed E-state index contributed by atoms with van der Waals surface area (Å²) >= 11 is 0. The number of nitrogens with one attached hydrogen (secondary N) is 1. The second kappa shape index (κ2) is 6.12. The predicted octanol–water partition coefficient (Wildman–Crippen LogP) is 2.04. The van der Waals surface area contributed by atoms with E-state index in [9.17, 15) is 0 Å². The summed E-state index contributed by atoms with van der Waals surface area (Å²) < 4.78 is 10.6. The molecular formula is C13H16N2O2. The van der Waals surface area contributed by atoms with Crippen molar-refractivity contribution in [2.45, 2.75) is 6.42 Å². The molecule has 0 radical (unpaired) electrons. The van der Waals surface area contributed by atoms with Gasteiger partial charge in [0.25, 0.3) is 0 Å². The molecular weight excluding hydrogens is 216 g/mol. The number of hydrogen-bond donors (Lipinski definition) is 1. The molecule has 0 aliphatic carbocycles. The summed E-state index contributed by atoms with van der Waals surface area (Å²) in [6, 6.07) is 9.62. The predicted molar refractivity (Wildman–Crippen MR) is 65.0 cm³/mol. The van der Waals surface area contributed by atoms with Crippen molar-refractivity contribution < 1.29 is 9.47 Å². The molecule has 1 aliphatic rings. The maximum absolute atomic E-state index is 8.44. The lowest BCUT2D eigenvalue weighted by atomic mass is 10.1. The molecule has 2 rings (SSSR count). The van der Waals surface area contributed by atoms with Gasteiger partial charge in [0.15, 0.2) is 6.61 Å². The Morgan fingerprint density at radius 1 is 1.53 bits per heavy atom. The number of benzene rings is 1. The molecule has 0 saturated carbocycles. The second-order valence-electron chi connectivity index (χ2n) is 4.09. The molecule has 0 spiro atoms. The van der Waals surface area contributed by atoms with Crippen LogP contribution < -0.4 is 10.1 Å². The Bertz CT molecular complexity index is 395. The first-order chi connectivity index (χ1) is 8.38. The van der Waals surface area contributed by atoms with Gasteiger partial charge in [-0.2, -0.15) is 5.26 Å². The smallest absolute Gasteiger partial charge is 0.174 e. The van der Waals surface area contributed by atoms with Gasteiger partial charge in [-0.1, -0.05) is 6.07 Å². The molecule has 1 unspecified atom stereocenters. The number of nitriles is 1. The Morgan fingerprint density at radius 2 is 2.47 bits per heavy atom. The average Bonchev–Trinajstić information content (AvgIpc) is 2.87. The zero-order valence-corrected chi connectivity index (χ0v) is 9.69. The van der Waals surface area contributed by atoms with Gasteiger partial charge in [0.1, 0.15) is 11.8 Å². The minimum absolute atomic E-state index is 0.0833. The molecule has 1 aliphatic heterocycles. The molecule has 90 valence electrons. The first kappa shape index (κ1) is 11.7. The van der Waals surface area contributed by atoms with Gasteiger partial charge in [-0.05, 0) is 18.6 Å². The van der Waals surface area contributed by atoms with Crippen molar-refractivity contribution in [3.63, 3.8) is 0 Å². The number of rotatable bonds is 5. The molecule has 1 heterocycles. The zero-order chi connectivity index (χ0) is 11.9. The van der Waals surface area contributed by atoms with Crippen LogP contribution in [0.25, 0.3) is 0 Å².